The number of fused-ring (bicyclic) bond motifs is 1. The maximum absolute atomic E-state index is 12.3. The first-order valence-electron chi connectivity index (χ1n) is 8.74. The summed E-state index contributed by atoms with van der Waals surface area (Å²) in [5, 5.41) is 0.646. The Kier molecular flexibility index (Phi) is 6.85. The molecule has 0 bridgehead atoms. The van der Waals surface area contributed by atoms with E-state index < -0.39 is 5.54 Å². The quantitative estimate of drug-likeness (QED) is 0.660. The first-order valence-corrected chi connectivity index (χ1v) is 9.12. The van der Waals surface area contributed by atoms with Crippen molar-refractivity contribution >= 4 is 23.5 Å². The molecule has 138 valence electrons. The number of ether oxygens (including phenoxy) is 2. The Morgan fingerprint density at radius 1 is 1.20 bits per heavy atom. The van der Waals surface area contributed by atoms with Crippen LogP contribution in [0, 0.1) is 0 Å². The second-order valence-electron chi connectivity index (χ2n) is 6.29. The topological polar surface area (TPSA) is 55.8 Å². The van der Waals surface area contributed by atoms with Crippen LogP contribution < -0.4 is 0 Å². The van der Waals surface area contributed by atoms with Gasteiger partial charge in [-0.25, -0.2) is 0 Å². The van der Waals surface area contributed by atoms with Gasteiger partial charge < -0.3 is 9.47 Å². The first kappa shape index (κ1) is 19.7. The number of esters is 2. The predicted molar refractivity (Wildman–Crippen MR) is 96.6 cm³/mol. The minimum atomic E-state index is -0.501. The van der Waals surface area contributed by atoms with Crippen molar-refractivity contribution in [2.45, 2.75) is 45.1 Å². The summed E-state index contributed by atoms with van der Waals surface area (Å²) in [6.45, 7) is 4.82. The lowest BCUT2D eigenvalue weighted by atomic mass is 9.86. The van der Waals surface area contributed by atoms with Gasteiger partial charge in [-0.15, -0.1) is 0 Å². The molecule has 25 heavy (non-hydrogen) atoms. The van der Waals surface area contributed by atoms with Gasteiger partial charge in [0.05, 0.1) is 31.6 Å². The van der Waals surface area contributed by atoms with Gasteiger partial charge in [-0.1, -0.05) is 17.7 Å². The molecule has 0 fully saturated rings. The van der Waals surface area contributed by atoms with E-state index in [1.807, 2.05) is 25.2 Å². The van der Waals surface area contributed by atoms with E-state index in [9.17, 15) is 9.59 Å². The third-order valence-corrected chi connectivity index (χ3v) is 5.05. The van der Waals surface area contributed by atoms with Crippen LogP contribution in [0.1, 0.15) is 44.2 Å². The van der Waals surface area contributed by atoms with E-state index in [4.69, 9.17) is 21.1 Å². The summed E-state index contributed by atoms with van der Waals surface area (Å²) in [7, 11) is 1.94. The lowest BCUT2D eigenvalue weighted by Crippen LogP contribution is -2.45. The van der Waals surface area contributed by atoms with Gasteiger partial charge in [0.15, 0.2) is 0 Å². The average Bonchev–Trinajstić information content (AvgIpc) is 2.92. The average molecular weight is 368 g/mol. The van der Waals surface area contributed by atoms with Crippen molar-refractivity contribution in [2.24, 2.45) is 0 Å². The van der Waals surface area contributed by atoms with Crippen molar-refractivity contribution in [1.29, 1.82) is 0 Å². The molecule has 1 aromatic rings. The molecular weight excluding hydrogens is 342 g/mol. The lowest BCUT2D eigenvalue weighted by Gasteiger charge is -2.39. The minimum Gasteiger partial charge on any atom is -0.466 e. The SMILES string of the molecule is CCOC(=O)CCN(C)C1(CC(=O)OCC)CCc2ccc(Cl)cc21. The molecule has 6 heteroatoms. The number of aryl methyl sites for hydroxylation is 1. The van der Waals surface area contributed by atoms with Crippen molar-refractivity contribution in [2.75, 3.05) is 26.8 Å². The summed E-state index contributed by atoms with van der Waals surface area (Å²) in [4.78, 5) is 26.1. The van der Waals surface area contributed by atoms with E-state index in [0.29, 0.717) is 24.8 Å². The standard InChI is InChI=1S/C19H26ClNO4/c1-4-24-17(22)9-11-21(3)19(13-18(23)25-5-2)10-8-14-6-7-15(20)12-16(14)19/h6-7,12H,4-5,8-11,13H2,1-3H3. The van der Waals surface area contributed by atoms with Gasteiger partial charge in [0.1, 0.15) is 0 Å². The van der Waals surface area contributed by atoms with Gasteiger partial charge in [0, 0.05) is 11.6 Å². The molecule has 0 N–H and O–H groups in total. The maximum atomic E-state index is 12.3. The number of carbonyl (C=O) groups is 2. The number of hydrogen-bond donors (Lipinski definition) is 0. The molecule has 1 aliphatic rings. The van der Waals surface area contributed by atoms with E-state index in [-0.39, 0.29) is 24.8 Å². The van der Waals surface area contributed by atoms with Crippen LogP contribution in [0.4, 0.5) is 0 Å². The highest BCUT2D eigenvalue weighted by Gasteiger charge is 2.44. The first-order chi connectivity index (χ1) is 11.9. The van der Waals surface area contributed by atoms with Crippen LogP contribution in [0.25, 0.3) is 0 Å². The smallest absolute Gasteiger partial charge is 0.308 e. The second kappa shape index (κ2) is 8.68. The summed E-state index contributed by atoms with van der Waals surface area (Å²) < 4.78 is 10.2. The number of halogens is 1. The third kappa shape index (κ3) is 4.53. The van der Waals surface area contributed by atoms with Crippen LogP contribution in [0.15, 0.2) is 18.2 Å². The zero-order valence-electron chi connectivity index (χ0n) is 15.1. The van der Waals surface area contributed by atoms with Crippen molar-refractivity contribution in [3.63, 3.8) is 0 Å². The van der Waals surface area contributed by atoms with E-state index in [1.54, 1.807) is 13.8 Å². The molecule has 0 amide bonds. The van der Waals surface area contributed by atoms with Crippen LogP contribution in [0.3, 0.4) is 0 Å². The largest absolute Gasteiger partial charge is 0.466 e. The minimum absolute atomic E-state index is 0.232. The Hall–Kier alpha value is -1.59. The molecule has 1 unspecified atom stereocenters. The van der Waals surface area contributed by atoms with E-state index in [2.05, 4.69) is 4.90 Å². The van der Waals surface area contributed by atoms with Crippen LogP contribution in [-0.2, 0) is 31.0 Å². The van der Waals surface area contributed by atoms with Gasteiger partial charge in [-0.05, 0) is 57.0 Å². The fraction of sp³-hybridized carbons (Fsp3) is 0.579. The molecule has 0 saturated heterocycles. The molecular formula is C19H26ClNO4. The predicted octanol–water partition coefficient (Wildman–Crippen LogP) is 3.32. The zero-order chi connectivity index (χ0) is 18.4. The highest BCUT2D eigenvalue weighted by molar-refractivity contribution is 6.30. The normalized spacial score (nSPS) is 18.9. The molecule has 2 rings (SSSR count). The Balaban J connectivity index is 2.27. The molecule has 5 nitrogen and oxygen atoms in total. The van der Waals surface area contributed by atoms with Crippen molar-refractivity contribution in [3.8, 4) is 0 Å². The fourth-order valence-corrected chi connectivity index (χ4v) is 3.72. The number of benzene rings is 1. The van der Waals surface area contributed by atoms with Gasteiger partial charge >= 0.3 is 11.9 Å². The maximum Gasteiger partial charge on any atom is 0.308 e. The Morgan fingerprint density at radius 2 is 1.88 bits per heavy atom. The van der Waals surface area contributed by atoms with Crippen molar-refractivity contribution < 1.29 is 19.1 Å². The van der Waals surface area contributed by atoms with Crippen LogP contribution in [0.5, 0.6) is 0 Å². The molecule has 0 heterocycles. The van der Waals surface area contributed by atoms with Crippen LogP contribution in [-0.4, -0.2) is 43.6 Å². The summed E-state index contributed by atoms with van der Waals surface area (Å²) in [6.07, 6.45) is 2.19. The lowest BCUT2D eigenvalue weighted by molar-refractivity contribution is -0.147. The van der Waals surface area contributed by atoms with E-state index >= 15 is 0 Å². The van der Waals surface area contributed by atoms with Crippen molar-refractivity contribution in [3.05, 3.63) is 34.3 Å². The zero-order valence-corrected chi connectivity index (χ0v) is 15.9. The summed E-state index contributed by atoms with van der Waals surface area (Å²) in [5.74, 6) is -0.469. The molecule has 0 radical (unpaired) electrons. The van der Waals surface area contributed by atoms with Gasteiger partial charge in [-0.3, -0.25) is 14.5 Å². The Morgan fingerprint density at radius 3 is 2.56 bits per heavy atom. The second-order valence-corrected chi connectivity index (χ2v) is 6.73. The molecule has 1 aromatic carbocycles. The molecule has 1 atom stereocenters. The molecule has 0 saturated carbocycles. The number of rotatable bonds is 8. The van der Waals surface area contributed by atoms with Crippen LogP contribution >= 0.6 is 11.6 Å². The summed E-state index contributed by atoms with van der Waals surface area (Å²) >= 11 is 6.21. The van der Waals surface area contributed by atoms with E-state index in [1.165, 1.54) is 5.56 Å². The van der Waals surface area contributed by atoms with Crippen molar-refractivity contribution in [1.82, 2.24) is 4.90 Å². The number of carbonyl (C=O) groups excluding carboxylic acids is 2. The molecule has 0 aliphatic heterocycles. The van der Waals surface area contributed by atoms with Crippen LogP contribution in [0.2, 0.25) is 5.02 Å². The molecule has 0 spiro atoms. The highest BCUT2D eigenvalue weighted by atomic mass is 35.5. The highest BCUT2D eigenvalue weighted by Crippen LogP contribution is 2.45. The summed E-state index contributed by atoms with van der Waals surface area (Å²) in [6, 6.07) is 5.83. The third-order valence-electron chi connectivity index (χ3n) is 4.81. The molecule has 1 aliphatic carbocycles. The van der Waals surface area contributed by atoms with Gasteiger partial charge in [0.2, 0.25) is 0 Å². The van der Waals surface area contributed by atoms with Gasteiger partial charge in [-0.2, -0.15) is 0 Å². The summed E-state index contributed by atoms with van der Waals surface area (Å²) in [5.41, 5.74) is 1.75. The van der Waals surface area contributed by atoms with E-state index in [0.717, 1.165) is 18.4 Å². The number of hydrogen-bond acceptors (Lipinski definition) is 5. The molecule has 0 aromatic heterocycles. The van der Waals surface area contributed by atoms with Gasteiger partial charge in [0.25, 0.3) is 0 Å². The fourth-order valence-electron chi connectivity index (χ4n) is 3.55. The monoisotopic (exact) mass is 367 g/mol. The Labute approximate surface area is 154 Å². The number of nitrogens with zero attached hydrogens (tertiary/aromatic N) is 1. The Bertz CT molecular complexity index is 634.